The Morgan fingerprint density at radius 3 is 2.41 bits per heavy atom. The molecule has 1 aliphatic heterocycles. The van der Waals surface area contributed by atoms with E-state index in [4.69, 9.17) is 0 Å². The van der Waals surface area contributed by atoms with Gasteiger partial charge in [0.1, 0.15) is 17.3 Å². The Hall–Kier alpha value is -0.680. The molecule has 2 nitrogen and oxygen atoms in total. The molecule has 1 aliphatic rings. The maximum absolute atomic E-state index is 13.5. The van der Waals surface area contributed by atoms with Gasteiger partial charge in [0.2, 0.25) is 0 Å². The Balaban J connectivity index is 1.98. The van der Waals surface area contributed by atoms with Gasteiger partial charge in [-0.2, -0.15) is 0 Å². The number of nitrogens with one attached hydrogen (secondary N) is 2. The zero-order valence-electron chi connectivity index (χ0n) is 9.40. The Bertz CT molecular complexity index is 369. The predicted octanol–water partition coefficient (Wildman–Crippen LogP) is 3.14. The highest BCUT2D eigenvalue weighted by Crippen LogP contribution is 2.24. The van der Waals surface area contributed by atoms with E-state index in [-0.39, 0.29) is 5.69 Å². The van der Waals surface area contributed by atoms with E-state index in [1.807, 2.05) is 0 Å². The van der Waals surface area contributed by atoms with Crippen molar-refractivity contribution in [1.29, 1.82) is 0 Å². The summed E-state index contributed by atoms with van der Waals surface area (Å²) in [7, 11) is 0. The number of anilines is 1. The molecule has 0 atom stereocenters. The zero-order chi connectivity index (χ0) is 12.3. The van der Waals surface area contributed by atoms with Crippen LogP contribution in [0.5, 0.6) is 0 Å². The van der Waals surface area contributed by atoms with Crippen LogP contribution in [0.3, 0.4) is 0 Å². The molecule has 0 unspecified atom stereocenters. The van der Waals surface area contributed by atoms with Gasteiger partial charge in [-0.15, -0.1) is 0 Å². The lowest BCUT2D eigenvalue weighted by molar-refractivity contribution is 0.389. The van der Waals surface area contributed by atoms with Crippen LogP contribution in [0.1, 0.15) is 12.8 Å². The van der Waals surface area contributed by atoms with Crippen LogP contribution in [0, 0.1) is 17.6 Å². The van der Waals surface area contributed by atoms with Crippen molar-refractivity contribution in [2.24, 2.45) is 5.92 Å². The van der Waals surface area contributed by atoms with Gasteiger partial charge >= 0.3 is 0 Å². The fourth-order valence-electron chi connectivity index (χ4n) is 2.04. The Labute approximate surface area is 108 Å². The summed E-state index contributed by atoms with van der Waals surface area (Å²) in [6.45, 7) is 2.59. The number of halogens is 3. The van der Waals surface area contributed by atoms with Crippen LogP contribution in [0.15, 0.2) is 16.6 Å². The van der Waals surface area contributed by atoms with Gasteiger partial charge in [-0.25, -0.2) is 8.78 Å². The van der Waals surface area contributed by atoms with E-state index in [9.17, 15) is 8.78 Å². The molecule has 0 spiro atoms. The third kappa shape index (κ3) is 3.39. The molecule has 0 saturated carbocycles. The van der Waals surface area contributed by atoms with Gasteiger partial charge in [0.25, 0.3) is 0 Å². The normalized spacial score (nSPS) is 17.1. The van der Waals surface area contributed by atoms with E-state index < -0.39 is 11.6 Å². The monoisotopic (exact) mass is 304 g/mol. The molecule has 94 valence electrons. The first kappa shape index (κ1) is 12.8. The first-order chi connectivity index (χ1) is 8.16. The van der Waals surface area contributed by atoms with Crippen LogP contribution in [-0.2, 0) is 0 Å². The Kier molecular flexibility index (Phi) is 4.34. The maximum atomic E-state index is 13.5. The minimum absolute atomic E-state index is 0.0215. The predicted molar refractivity (Wildman–Crippen MR) is 68.1 cm³/mol. The summed E-state index contributed by atoms with van der Waals surface area (Å²) in [6, 6.07) is 2.54. The highest BCUT2D eigenvalue weighted by Gasteiger charge is 2.15. The first-order valence-corrected chi connectivity index (χ1v) is 6.55. The van der Waals surface area contributed by atoms with Crippen molar-refractivity contribution < 1.29 is 8.78 Å². The second-order valence-corrected chi connectivity index (χ2v) is 5.23. The zero-order valence-corrected chi connectivity index (χ0v) is 11.0. The molecule has 2 N–H and O–H groups in total. The van der Waals surface area contributed by atoms with E-state index >= 15 is 0 Å². The van der Waals surface area contributed by atoms with Gasteiger partial charge in [0, 0.05) is 11.0 Å². The molecule has 0 radical (unpaired) electrons. The van der Waals surface area contributed by atoms with E-state index in [0.717, 1.165) is 25.9 Å². The minimum atomic E-state index is -0.550. The lowest BCUT2D eigenvalue weighted by Gasteiger charge is -2.23. The van der Waals surface area contributed by atoms with E-state index in [0.29, 0.717) is 16.9 Å². The van der Waals surface area contributed by atoms with Crippen molar-refractivity contribution in [2.45, 2.75) is 12.8 Å². The first-order valence-electron chi connectivity index (χ1n) is 5.76. The summed E-state index contributed by atoms with van der Waals surface area (Å²) < 4.78 is 27.5. The molecule has 5 heteroatoms. The van der Waals surface area contributed by atoms with Gasteiger partial charge in [0.05, 0.1) is 0 Å². The SMILES string of the molecule is Fc1cc(Br)cc(F)c1NCC1CCNCC1. The molecule has 2 rings (SSSR count). The smallest absolute Gasteiger partial charge is 0.150 e. The van der Waals surface area contributed by atoms with Crippen molar-refractivity contribution in [1.82, 2.24) is 5.32 Å². The van der Waals surface area contributed by atoms with Gasteiger partial charge in [-0.3, -0.25) is 0 Å². The highest BCUT2D eigenvalue weighted by atomic mass is 79.9. The van der Waals surface area contributed by atoms with Crippen molar-refractivity contribution in [3.8, 4) is 0 Å². The lowest BCUT2D eigenvalue weighted by atomic mass is 9.98. The van der Waals surface area contributed by atoms with Crippen LogP contribution < -0.4 is 10.6 Å². The summed E-state index contributed by atoms with van der Waals surface area (Å²) in [5, 5.41) is 6.14. The largest absolute Gasteiger partial charge is 0.380 e. The van der Waals surface area contributed by atoms with Gasteiger partial charge in [0.15, 0.2) is 0 Å². The number of piperidine rings is 1. The Morgan fingerprint density at radius 1 is 1.24 bits per heavy atom. The molecular formula is C12H15BrF2N2. The Morgan fingerprint density at radius 2 is 1.82 bits per heavy atom. The van der Waals surface area contributed by atoms with E-state index in [1.54, 1.807) is 0 Å². The van der Waals surface area contributed by atoms with Gasteiger partial charge in [-0.05, 0) is 44.0 Å². The molecule has 1 saturated heterocycles. The van der Waals surface area contributed by atoms with Crippen LogP contribution in [0.25, 0.3) is 0 Å². The minimum Gasteiger partial charge on any atom is -0.380 e. The average Bonchev–Trinajstić information content (AvgIpc) is 2.29. The van der Waals surface area contributed by atoms with Crippen molar-refractivity contribution >= 4 is 21.6 Å². The highest BCUT2D eigenvalue weighted by molar-refractivity contribution is 9.10. The standard InChI is InChI=1S/C12H15BrF2N2/c13-9-5-10(14)12(11(15)6-9)17-7-8-1-3-16-4-2-8/h5-6,8,16-17H,1-4,7H2. The quantitative estimate of drug-likeness (QED) is 0.896. The lowest BCUT2D eigenvalue weighted by Crippen LogP contribution is -2.31. The summed E-state index contributed by atoms with van der Waals surface area (Å²) >= 11 is 3.06. The number of rotatable bonds is 3. The number of hydrogen-bond donors (Lipinski definition) is 2. The molecule has 1 aromatic rings. The number of hydrogen-bond acceptors (Lipinski definition) is 2. The molecule has 17 heavy (non-hydrogen) atoms. The average molecular weight is 305 g/mol. The summed E-state index contributed by atoms with van der Waals surface area (Å²) in [4.78, 5) is 0. The fourth-order valence-corrected chi connectivity index (χ4v) is 2.45. The third-order valence-electron chi connectivity index (χ3n) is 3.03. The van der Waals surface area contributed by atoms with Crippen LogP contribution in [0.2, 0.25) is 0 Å². The van der Waals surface area contributed by atoms with E-state index in [1.165, 1.54) is 12.1 Å². The summed E-state index contributed by atoms with van der Waals surface area (Å²) in [5.41, 5.74) is -0.0215. The molecule has 0 bridgehead atoms. The van der Waals surface area contributed by atoms with Crippen LogP contribution in [0.4, 0.5) is 14.5 Å². The van der Waals surface area contributed by atoms with E-state index in [2.05, 4.69) is 26.6 Å². The second kappa shape index (κ2) is 5.78. The van der Waals surface area contributed by atoms with Crippen molar-refractivity contribution in [2.75, 3.05) is 25.0 Å². The molecule has 1 heterocycles. The molecule has 0 aromatic heterocycles. The van der Waals surface area contributed by atoms with Crippen molar-refractivity contribution in [3.63, 3.8) is 0 Å². The number of benzene rings is 1. The molecule has 1 fully saturated rings. The van der Waals surface area contributed by atoms with Crippen LogP contribution in [-0.4, -0.2) is 19.6 Å². The van der Waals surface area contributed by atoms with Crippen LogP contribution >= 0.6 is 15.9 Å². The third-order valence-corrected chi connectivity index (χ3v) is 3.49. The molecular weight excluding hydrogens is 290 g/mol. The topological polar surface area (TPSA) is 24.1 Å². The second-order valence-electron chi connectivity index (χ2n) is 4.32. The summed E-state index contributed by atoms with van der Waals surface area (Å²) in [6.07, 6.45) is 2.10. The molecule has 0 aliphatic carbocycles. The molecule has 1 aromatic carbocycles. The summed E-state index contributed by atoms with van der Waals surface area (Å²) in [5.74, 6) is -0.615. The molecule has 0 amide bonds. The van der Waals surface area contributed by atoms with Crippen molar-refractivity contribution in [3.05, 3.63) is 28.2 Å². The maximum Gasteiger partial charge on any atom is 0.150 e. The van der Waals surface area contributed by atoms with Gasteiger partial charge in [-0.1, -0.05) is 15.9 Å². The fraction of sp³-hybridized carbons (Fsp3) is 0.500. The van der Waals surface area contributed by atoms with Gasteiger partial charge < -0.3 is 10.6 Å².